The fraction of sp³-hybridized carbons (Fsp3) is 0.333. The predicted molar refractivity (Wildman–Crippen MR) is 103 cm³/mol. The Kier molecular flexibility index (Phi) is 13.0. The molecule has 0 radical (unpaired) electrons. The molecule has 0 bridgehead atoms. The normalized spacial score (nSPS) is 13.0. The molecular weight excluding hydrogens is 442 g/mol. The summed E-state index contributed by atoms with van der Waals surface area (Å²) in [6.07, 6.45) is 8.15. The summed E-state index contributed by atoms with van der Waals surface area (Å²) in [6.45, 7) is 9.27. The van der Waals surface area contributed by atoms with Gasteiger partial charge in [-0.25, -0.2) is 17.7 Å². The minimum atomic E-state index is -0.164. The van der Waals surface area contributed by atoms with Crippen LogP contribution in [0.25, 0.3) is 0 Å². The van der Waals surface area contributed by atoms with E-state index in [9.17, 15) is 0 Å². The van der Waals surface area contributed by atoms with E-state index in [0.29, 0.717) is 0 Å². The van der Waals surface area contributed by atoms with Gasteiger partial charge in [0.1, 0.15) is 0 Å². The van der Waals surface area contributed by atoms with E-state index in [1.807, 2.05) is 0 Å². The van der Waals surface area contributed by atoms with E-state index >= 15 is 0 Å². The Morgan fingerprint density at radius 2 is 1.21 bits per heavy atom. The molecule has 0 nitrogen and oxygen atoms in total. The predicted octanol–water partition coefficient (Wildman–Crippen LogP) is -2.50. The fourth-order valence-electron chi connectivity index (χ4n) is 4.21. The molecule has 1 aliphatic rings. The zero-order valence-electron chi connectivity index (χ0n) is 16.9. The second-order valence-corrected chi connectivity index (χ2v) is 7.62. The van der Waals surface area contributed by atoms with Crippen molar-refractivity contribution in [2.75, 3.05) is 0 Å². The summed E-state index contributed by atoms with van der Waals surface area (Å²) in [4.78, 5) is 0. The maximum Gasteiger partial charge on any atom is 4.00 e. The second kappa shape index (κ2) is 12.3. The zero-order chi connectivity index (χ0) is 17.2. The van der Waals surface area contributed by atoms with E-state index in [-0.39, 0.29) is 69.8 Å². The Hall–Kier alpha value is -0.496. The summed E-state index contributed by atoms with van der Waals surface area (Å²) >= 11 is 0. The van der Waals surface area contributed by atoms with Crippen molar-refractivity contribution in [1.82, 2.24) is 0 Å². The molecular formula is C24H27Cl3Ti. The van der Waals surface area contributed by atoms with Crippen LogP contribution in [0.2, 0.25) is 0 Å². The first-order chi connectivity index (χ1) is 11.5. The fourth-order valence-corrected chi connectivity index (χ4v) is 4.21. The maximum atomic E-state index is 3.76. The van der Waals surface area contributed by atoms with Gasteiger partial charge in [-0.1, -0.05) is 101 Å². The summed E-state index contributed by atoms with van der Waals surface area (Å²) in [5.74, 6) is 0. The molecule has 0 heterocycles. The van der Waals surface area contributed by atoms with Crippen molar-refractivity contribution in [3.63, 3.8) is 0 Å². The number of allylic oxidation sites excluding steroid dienone is 4. The van der Waals surface area contributed by atoms with Gasteiger partial charge in [-0.2, -0.15) is 5.57 Å². The monoisotopic (exact) mass is 468 g/mol. The van der Waals surface area contributed by atoms with Gasteiger partial charge in [-0.3, -0.25) is 0 Å². The Labute approximate surface area is 204 Å². The Morgan fingerprint density at radius 1 is 0.786 bits per heavy atom. The van der Waals surface area contributed by atoms with Gasteiger partial charge in [0.25, 0.3) is 0 Å². The first kappa shape index (κ1) is 29.7. The molecule has 28 heavy (non-hydrogen) atoms. The number of hydrogen-bond donors (Lipinski definition) is 0. The second-order valence-electron chi connectivity index (χ2n) is 7.62. The molecule has 0 aliphatic heterocycles. The van der Waals surface area contributed by atoms with Gasteiger partial charge in [-0.05, 0) is 16.5 Å². The van der Waals surface area contributed by atoms with Crippen LogP contribution in [0.1, 0.15) is 51.7 Å². The van der Waals surface area contributed by atoms with Crippen LogP contribution in [0.4, 0.5) is 0 Å². The van der Waals surface area contributed by atoms with Crippen LogP contribution in [-0.4, -0.2) is 0 Å². The van der Waals surface area contributed by atoms with Crippen LogP contribution in [0.5, 0.6) is 0 Å². The van der Waals surface area contributed by atoms with Gasteiger partial charge in [0, 0.05) is 5.41 Å². The van der Waals surface area contributed by atoms with E-state index in [2.05, 4.69) is 101 Å². The average molecular weight is 470 g/mol. The molecule has 0 aromatic heterocycles. The average Bonchev–Trinajstić information content (AvgIpc) is 3.05. The number of hydrogen-bond acceptors (Lipinski definition) is 0. The molecule has 4 heteroatoms. The van der Waals surface area contributed by atoms with Gasteiger partial charge in [-0.15, -0.1) is 0 Å². The van der Waals surface area contributed by atoms with Gasteiger partial charge in [0.2, 0.25) is 0 Å². The molecule has 0 atom stereocenters. The smallest absolute Gasteiger partial charge is 1.00 e. The van der Waals surface area contributed by atoms with E-state index in [0.717, 1.165) is 12.8 Å². The van der Waals surface area contributed by atoms with E-state index < -0.39 is 0 Å². The number of benzene rings is 2. The van der Waals surface area contributed by atoms with Gasteiger partial charge < -0.3 is 37.2 Å². The summed E-state index contributed by atoms with van der Waals surface area (Å²) in [6, 6.07) is 21.9. The Balaban J connectivity index is 0. The molecule has 2 aromatic rings. The minimum Gasteiger partial charge on any atom is -1.00 e. The summed E-state index contributed by atoms with van der Waals surface area (Å²) in [5, 5.41) is 0. The zero-order valence-corrected chi connectivity index (χ0v) is 20.7. The summed E-state index contributed by atoms with van der Waals surface area (Å²) in [5.41, 5.74) is 5.32. The molecule has 1 aliphatic carbocycles. The molecule has 0 N–H and O–H groups in total. The third-order valence-corrected chi connectivity index (χ3v) is 5.24. The van der Waals surface area contributed by atoms with E-state index in [1.54, 1.807) is 0 Å². The topological polar surface area (TPSA) is 0 Å². The maximum absolute atomic E-state index is 3.76. The van der Waals surface area contributed by atoms with Crippen LogP contribution >= 0.6 is 0 Å². The third kappa shape index (κ3) is 5.35. The van der Waals surface area contributed by atoms with Gasteiger partial charge >= 0.3 is 21.7 Å². The van der Waals surface area contributed by atoms with E-state index in [4.69, 9.17) is 0 Å². The van der Waals surface area contributed by atoms with Crippen LogP contribution in [0.3, 0.4) is 0 Å². The standard InChI is InChI=1S/C24H27.3ClH.Ti/c1-5-19-16-17-22(18-19)24(23(2,3)4,20-12-8-6-9-13-20)21-14-10-7-11-15-21;;;;/h6-16H,5,17H2,1-4H3;3*1H;/q-1;;;;+4/p-3. The quantitative estimate of drug-likeness (QED) is 0.343. The van der Waals surface area contributed by atoms with Crippen LogP contribution in [-0.2, 0) is 27.1 Å². The first-order valence-electron chi connectivity index (χ1n) is 8.93. The van der Waals surface area contributed by atoms with Crippen LogP contribution in [0.15, 0.2) is 77.9 Å². The van der Waals surface area contributed by atoms with Crippen molar-refractivity contribution in [2.45, 2.75) is 46.0 Å². The van der Waals surface area contributed by atoms with Crippen molar-refractivity contribution >= 4 is 0 Å². The molecule has 0 unspecified atom stereocenters. The Bertz CT molecular complexity index is 720. The SMILES string of the molecule is CCC1=CCC(C(c2ccccc2)(c2ccccc2)C(C)(C)C)=[C-]1.[Cl-].[Cl-].[Cl-].[Ti+4]. The number of rotatable bonds is 4. The van der Waals surface area contributed by atoms with Crippen LogP contribution < -0.4 is 37.2 Å². The first-order valence-corrected chi connectivity index (χ1v) is 8.93. The van der Waals surface area contributed by atoms with Crippen molar-refractivity contribution in [2.24, 2.45) is 5.41 Å². The molecule has 0 fully saturated rings. The molecule has 3 rings (SSSR count). The molecule has 0 saturated carbocycles. The summed E-state index contributed by atoms with van der Waals surface area (Å²) < 4.78 is 0. The molecule has 148 valence electrons. The van der Waals surface area contributed by atoms with Crippen molar-refractivity contribution in [3.8, 4) is 0 Å². The van der Waals surface area contributed by atoms with Crippen molar-refractivity contribution in [3.05, 3.63) is 95.1 Å². The number of halogens is 3. The largest absolute Gasteiger partial charge is 4.00 e. The minimum absolute atomic E-state index is 0. The molecule has 0 saturated heterocycles. The Morgan fingerprint density at radius 3 is 1.54 bits per heavy atom. The van der Waals surface area contributed by atoms with E-state index in [1.165, 1.54) is 22.3 Å². The van der Waals surface area contributed by atoms with Crippen LogP contribution in [0, 0.1) is 11.5 Å². The molecule has 2 aromatic carbocycles. The summed E-state index contributed by atoms with van der Waals surface area (Å²) in [7, 11) is 0. The third-order valence-electron chi connectivity index (χ3n) is 5.24. The molecule has 0 amide bonds. The van der Waals surface area contributed by atoms with Gasteiger partial charge in [0.05, 0.1) is 0 Å². The molecule has 0 spiro atoms. The van der Waals surface area contributed by atoms with Crippen molar-refractivity contribution in [1.29, 1.82) is 0 Å². The van der Waals surface area contributed by atoms with Gasteiger partial charge in [0.15, 0.2) is 0 Å². The van der Waals surface area contributed by atoms with Crippen molar-refractivity contribution < 1.29 is 58.9 Å².